The van der Waals surface area contributed by atoms with E-state index in [2.05, 4.69) is 31.9 Å². The Morgan fingerprint density at radius 2 is 1.80 bits per heavy atom. The Bertz CT molecular complexity index is 293. The first-order valence-corrected chi connectivity index (χ1v) is 7.01. The van der Waals surface area contributed by atoms with Gasteiger partial charge in [-0.15, -0.1) is 0 Å². The number of rotatable bonds is 1. The molecular formula is C11H14Br2O2. The molecule has 0 amide bonds. The summed E-state index contributed by atoms with van der Waals surface area (Å²) in [5.74, 6) is 0.806. The van der Waals surface area contributed by atoms with Gasteiger partial charge < -0.3 is 4.74 Å². The molecular weight excluding hydrogens is 324 g/mol. The number of ether oxygens (including phenoxy) is 1. The van der Waals surface area contributed by atoms with Crippen LogP contribution in [0.1, 0.15) is 32.1 Å². The minimum Gasteiger partial charge on any atom is -0.461 e. The molecule has 2 aliphatic rings. The van der Waals surface area contributed by atoms with E-state index >= 15 is 0 Å². The molecule has 0 saturated heterocycles. The van der Waals surface area contributed by atoms with Crippen LogP contribution in [0.3, 0.4) is 0 Å². The highest BCUT2D eigenvalue weighted by Gasteiger charge is 2.33. The third kappa shape index (κ3) is 2.47. The first kappa shape index (κ1) is 11.6. The zero-order chi connectivity index (χ0) is 10.8. The zero-order valence-electron chi connectivity index (χ0n) is 8.47. The molecule has 0 aromatic carbocycles. The molecule has 1 saturated carbocycles. The highest BCUT2D eigenvalue weighted by molar-refractivity contribution is 9.14. The molecule has 1 aliphatic heterocycles. The van der Waals surface area contributed by atoms with E-state index in [1.165, 1.54) is 32.1 Å². The van der Waals surface area contributed by atoms with Crippen molar-refractivity contribution < 1.29 is 9.53 Å². The molecule has 4 heteroatoms. The highest BCUT2D eigenvalue weighted by atomic mass is 79.9. The average Bonchev–Trinajstić information content (AvgIpc) is 2.27. The fraction of sp³-hybridized carbons (Fsp3) is 0.727. The lowest BCUT2D eigenvalue weighted by Gasteiger charge is -2.32. The van der Waals surface area contributed by atoms with Crippen molar-refractivity contribution in [1.82, 2.24) is 0 Å². The molecule has 0 bridgehead atoms. The second-order valence-corrected chi connectivity index (χ2v) is 5.91. The molecule has 1 fully saturated rings. The standard InChI is InChI=1S/C11H14Br2O2/c12-9-8(6-15-11(14)10(9)13)7-4-2-1-3-5-7/h7-8H,1-6H2/t8-/m0/s1. The molecule has 0 aromatic rings. The van der Waals surface area contributed by atoms with E-state index in [0.29, 0.717) is 22.9 Å². The normalized spacial score (nSPS) is 29.2. The minimum absolute atomic E-state index is 0.242. The van der Waals surface area contributed by atoms with Crippen LogP contribution < -0.4 is 0 Å². The number of hydrogen-bond acceptors (Lipinski definition) is 2. The van der Waals surface area contributed by atoms with Crippen LogP contribution in [0, 0.1) is 11.8 Å². The van der Waals surface area contributed by atoms with Crippen molar-refractivity contribution in [2.75, 3.05) is 6.61 Å². The lowest BCUT2D eigenvalue weighted by Crippen LogP contribution is -2.29. The van der Waals surface area contributed by atoms with Crippen LogP contribution >= 0.6 is 31.9 Å². The van der Waals surface area contributed by atoms with Crippen LogP contribution in [0.15, 0.2) is 8.96 Å². The van der Waals surface area contributed by atoms with Gasteiger partial charge in [-0.25, -0.2) is 4.79 Å². The Hall–Kier alpha value is 0.170. The van der Waals surface area contributed by atoms with Crippen LogP contribution in [0.5, 0.6) is 0 Å². The largest absolute Gasteiger partial charge is 0.461 e. The maximum atomic E-state index is 11.3. The van der Waals surface area contributed by atoms with Crippen molar-refractivity contribution in [2.45, 2.75) is 32.1 Å². The van der Waals surface area contributed by atoms with Crippen molar-refractivity contribution in [3.05, 3.63) is 8.96 Å². The Balaban J connectivity index is 2.12. The fourth-order valence-corrected chi connectivity index (χ4v) is 3.52. The summed E-state index contributed by atoms with van der Waals surface area (Å²) in [6, 6.07) is 0. The third-order valence-corrected chi connectivity index (χ3v) is 5.59. The Kier molecular flexibility index (Phi) is 3.88. The van der Waals surface area contributed by atoms with Crippen molar-refractivity contribution in [2.24, 2.45) is 11.8 Å². The highest BCUT2D eigenvalue weighted by Crippen LogP contribution is 2.41. The number of halogens is 2. The van der Waals surface area contributed by atoms with E-state index in [-0.39, 0.29) is 5.97 Å². The molecule has 2 rings (SSSR count). The topological polar surface area (TPSA) is 26.3 Å². The van der Waals surface area contributed by atoms with Gasteiger partial charge in [0.15, 0.2) is 0 Å². The molecule has 84 valence electrons. The van der Waals surface area contributed by atoms with E-state index in [1.807, 2.05) is 0 Å². The van der Waals surface area contributed by atoms with E-state index in [0.717, 1.165) is 4.48 Å². The first-order chi connectivity index (χ1) is 7.20. The van der Waals surface area contributed by atoms with Gasteiger partial charge in [-0.2, -0.15) is 0 Å². The van der Waals surface area contributed by atoms with Gasteiger partial charge in [-0.1, -0.05) is 35.2 Å². The van der Waals surface area contributed by atoms with E-state index in [4.69, 9.17) is 4.74 Å². The van der Waals surface area contributed by atoms with Gasteiger partial charge in [-0.3, -0.25) is 0 Å². The van der Waals surface area contributed by atoms with Crippen LogP contribution in [0.25, 0.3) is 0 Å². The molecule has 1 aliphatic carbocycles. The van der Waals surface area contributed by atoms with Crippen molar-refractivity contribution in [1.29, 1.82) is 0 Å². The molecule has 0 spiro atoms. The van der Waals surface area contributed by atoms with E-state index in [1.54, 1.807) is 0 Å². The smallest absolute Gasteiger partial charge is 0.346 e. The number of esters is 1. The van der Waals surface area contributed by atoms with Crippen LogP contribution in [0.4, 0.5) is 0 Å². The summed E-state index contributed by atoms with van der Waals surface area (Å²) < 4.78 is 6.73. The van der Waals surface area contributed by atoms with Crippen LogP contribution in [-0.2, 0) is 9.53 Å². The predicted molar refractivity (Wildman–Crippen MR) is 65.9 cm³/mol. The maximum Gasteiger partial charge on any atom is 0.346 e. The summed E-state index contributed by atoms with van der Waals surface area (Å²) in [5, 5.41) is 0. The van der Waals surface area contributed by atoms with Gasteiger partial charge in [0, 0.05) is 10.4 Å². The lowest BCUT2D eigenvalue weighted by atomic mass is 9.80. The molecule has 1 atom stereocenters. The monoisotopic (exact) mass is 336 g/mol. The molecule has 1 heterocycles. The molecule has 0 unspecified atom stereocenters. The quantitative estimate of drug-likeness (QED) is 0.681. The van der Waals surface area contributed by atoms with Crippen molar-refractivity contribution >= 4 is 37.8 Å². The molecule has 0 radical (unpaired) electrons. The van der Waals surface area contributed by atoms with Gasteiger partial charge in [-0.05, 0) is 34.7 Å². The second-order valence-electron chi connectivity index (χ2n) is 4.26. The van der Waals surface area contributed by atoms with Gasteiger partial charge in [0.1, 0.15) is 4.48 Å². The Labute approximate surface area is 107 Å². The predicted octanol–water partition coefficient (Wildman–Crippen LogP) is 3.74. The number of carbonyl (C=O) groups excluding carboxylic acids is 1. The number of hydrogen-bond donors (Lipinski definition) is 0. The summed E-state index contributed by atoms with van der Waals surface area (Å²) in [6.07, 6.45) is 6.50. The van der Waals surface area contributed by atoms with Crippen molar-refractivity contribution in [3.8, 4) is 0 Å². The van der Waals surface area contributed by atoms with E-state index in [9.17, 15) is 4.79 Å². The summed E-state index contributed by atoms with van der Waals surface area (Å²) in [4.78, 5) is 11.3. The molecule has 15 heavy (non-hydrogen) atoms. The number of cyclic esters (lactones) is 1. The Morgan fingerprint density at radius 1 is 1.13 bits per heavy atom. The molecule has 0 N–H and O–H groups in total. The van der Waals surface area contributed by atoms with Crippen LogP contribution in [-0.4, -0.2) is 12.6 Å². The van der Waals surface area contributed by atoms with Crippen LogP contribution in [0.2, 0.25) is 0 Å². The molecule has 2 nitrogen and oxygen atoms in total. The van der Waals surface area contributed by atoms with E-state index < -0.39 is 0 Å². The van der Waals surface area contributed by atoms with Gasteiger partial charge in [0.05, 0.1) is 6.61 Å². The third-order valence-electron chi connectivity index (χ3n) is 3.33. The maximum absolute atomic E-state index is 11.3. The first-order valence-electron chi connectivity index (χ1n) is 5.42. The lowest BCUT2D eigenvalue weighted by molar-refractivity contribution is -0.141. The Morgan fingerprint density at radius 3 is 2.47 bits per heavy atom. The summed E-state index contributed by atoms with van der Waals surface area (Å²) in [5.41, 5.74) is 0. The van der Waals surface area contributed by atoms with Gasteiger partial charge in [0.25, 0.3) is 0 Å². The minimum atomic E-state index is -0.242. The summed E-state index contributed by atoms with van der Waals surface area (Å²) in [7, 11) is 0. The fourth-order valence-electron chi connectivity index (χ4n) is 2.44. The van der Waals surface area contributed by atoms with Gasteiger partial charge in [0.2, 0.25) is 0 Å². The number of carbonyl (C=O) groups is 1. The SMILES string of the molecule is O=C1OC[C@@H](C2CCCCC2)C(Br)=C1Br. The van der Waals surface area contributed by atoms with Gasteiger partial charge >= 0.3 is 5.97 Å². The average molecular weight is 338 g/mol. The summed E-state index contributed by atoms with van der Waals surface area (Å²) >= 11 is 6.81. The molecule has 0 aromatic heterocycles. The van der Waals surface area contributed by atoms with Crippen molar-refractivity contribution in [3.63, 3.8) is 0 Å². The zero-order valence-corrected chi connectivity index (χ0v) is 11.6. The summed E-state index contributed by atoms with van der Waals surface area (Å²) in [6.45, 7) is 0.541. The second kappa shape index (κ2) is 5.00.